The lowest BCUT2D eigenvalue weighted by atomic mass is 10.0. The van der Waals surface area contributed by atoms with Crippen molar-refractivity contribution in [3.8, 4) is 0 Å². The molecule has 0 bridgehead atoms. The Morgan fingerprint density at radius 3 is 2.90 bits per heavy atom. The highest BCUT2D eigenvalue weighted by molar-refractivity contribution is 5.76. The van der Waals surface area contributed by atoms with Crippen LogP contribution in [0.1, 0.15) is 19.3 Å². The van der Waals surface area contributed by atoms with Crippen molar-refractivity contribution in [2.75, 3.05) is 0 Å². The van der Waals surface area contributed by atoms with Crippen molar-refractivity contribution < 1.29 is 4.79 Å². The predicted octanol–water partition coefficient (Wildman–Crippen LogP) is 1.14. The molecule has 0 aromatic rings. The van der Waals surface area contributed by atoms with Gasteiger partial charge in [0.1, 0.15) is 0 Å². The molecular formula is C8H11NO. The first kappa shape index (κ1) is 7.06. The van der Waals surface area contributed by atoms with E-state index in [0.29, 0.717) is 6.42 Å². The highest BCUT2D eigenvalue weighted by atomic mass is 16.1. The van der Waals surface area contributed by atoms with Gasteiger partial charge in [-0.15, -0.1) is 0 Å². The molecule has 0 saturated carbocycles. The molecule has 0 atom stereocenters. The fourth-order valence-electron chi connectivity index (χ4n) is 1.02. The third-order valence-corrected chi connectivity index (χ3v) is 1.49. The van der Waals surface area contributed by atoms with Gasteiger partial charge >= 0.3 is 0 Å². The Morgan fingerprint density at radius 2 is 2.40 bits per heavy atom. The average Bonchev–Trinajstić information content (AvgIpc) is 1.88. The summed E-state index contributed by atoms with van der Waals surface area (Å²) in [4.78, 5) is 10.4. The van der Waals surface area contributed by atoms with Gasteiger partial charge in [-0.1, -0.05) is 23.8 Å². The summed E-state index contributed by atoms with van der Waals surface area (Å²) in [6.07, 6.45) is 8.48. The molecule has 1 amide bonds. The molecule has 0 aromatic heterocycles. The summed E-state index contributed by atoms with van der Waals surface area (Å²) < 4.78 is 0. The maximum Gasteiger partial charge on any atom is 0.221 e. The maximum absolute atomic E-state index is 10.4. The summed E-state index contributed by atoms with van der Waals surface area (Å²) in [5.41, 5.74) is 6.17. The molecule has 54 valence electrons. The van der Waals surface area contributed by atoms with Crippen LogP contribution in [0.5, 0.6) is 0 Å². The van der Waals surface area contributed by atoms with E-state index >= 15 is 0 Å². The SMILES string of the molecule is NC(=O)CC1=CCC=CC1. The second-order valence-electron chi connectivity index (χ2n) is 2.42. The van der Waals surface area contributed by atoms with Crippen molar-refractivity contribution in [3.63, 3.8) is 0 Å². The molecule has 2 heteroatoms. The summed E-state index contributed by atoms with van der Waals surface area (Å²) in [7, 11) is 0. The Labute approximate surface area is 60.4 Å². The first-order chi connectivity index (χ1) is 4.79. The van der Waals surface area contributed by atoms with Crippen LogP contribution in [0.15, 0.2) is 23.8 Å². The zero-order valence-electron chi connectivity index (χ0n) is 5.84. The van der Waals surface area contributed by atoms with Gasteiger partial charge < -0.3 is 5.73 Å². The molecule has 1 rings (SSSR count). The van der Waals surface area contributed by atoms with E-state index in [2.05, 4.69) is 18.2 Å². The topological polar surface area (TPSA) is 43.1 Å². The zero-order chi connectivity index (χ0) is 7.40. The largest absolute Gasteiger partial charge is 0.369 e. The van der Waals surface area contributed by atoms with Crippen molar-refractivity contribution in [1.82, 2.24) is 0 Å². The van der Waals surface area contributed by atoms with Crippen molar-refractivity contribution in [2.45, 2.75) is 19.3 Å². The second-order valence-corrected chi connectivity index (χ2v) is 2.42. The second kappa shape index (κ2) is 3.20. The van der Waals surface area contributed by atoms with Crippen LogP contribution < -0.4 is 5.73 Å². The summed E-state index contributed by atoms with van der Waals surface area (Å²) in [5.74, 6) is -0.235. The fourth-order valence-corrected chi connectivity index (χ4v) is 1.02. The molecule has 0 radical (unpaired) electrons. The number of carbonyl (C=O) groups excluding carboxylic acids is 1. The quantitative estimate of drug-likeness (QED) is 0.570. The summed E-state index contributed by atoms with van der Waals surface area (Å²) in [5, 5.41) is 0. The van der Waals surface area contributed by atoms with Gasteiger partial charge in [0.2, 0.25) is 5.91 Å². The third-order valence-electron chi connectivity index (χ3n) is 1.49. The van der Waals surface area contributed by atoms with Gasteiger partial charge in [-0.2, -0.15) is 0 Å². The molecule has 0 fully saturated rings. The smallest absolute Gasteiger partial charge is 0.221 e. The number of hydrogen-bond donors (Lipinski definition) is 1. The van der Waals surface area contributed by atoms with Crippen molar-refractivity contribution in [3.05, 3.63) is 23.8 Å². The number of nitrogens with two attached hydrogens (primary N) is 1. The minimum atomic E-state index is -0.235. The lowest BCUT2D eigenvalue weighted by molar-refractivity contribution is -0.117. The fraction of sp³-hybridized carbons (Fsp3) is 0.375. The Morgan fingerprint density at radius 1 is 1.60 bits per heavy atom. The number of carbonyl (C=O) groups is 1. The number of primary amides is 1. The molecule has 0 heterocycles. The highest BCUT2D eigenvalue weighted by Crippen LogP contribution is 2.13. The normalized spacial score (nSPS) is 16.6. The molecule has 2 N–H and O–H groups in total. The van der Waals surface area contributed by atoms with Crippen LogP contribution in [0.4, 0.5) is 0 Å². The minimum absolute atomic E-state index is 0.235. The van der Waals surface area contributed by atoms with Gasteiger partial charge in [0, 0.05) is 6.42 Å². The Kier molecular flexibility index (Phi) is 2.26. The number of allylic oxidation sites excluding steroid dienone is 3. The Bertz CT molecular complexity index is 191. The first-order valence-corrected chi connectivity index (χ1v) is 3.40. The number of rotatable bonds is 2. The monoisotopic (exact) mass is 137 g/mol. The lowest BCUT2D eigenvalue weighted by Crippen LogP contribution is -2.11. The summed E-state index contributed by atoms with van der Waals surface area (Å²) >= 11 is 0. The molecule has 0 saturated heterocycles. The van der Waals surface area contributed by atoms with E-state index in [0.717, 1.165) is 18.4 Å². The van der Waals surface area contributed by atoms with Crippen LogP contribution in [0.3, 0.4) is 0 Å². The third kappa shape index (κ3) is 2.05. The van der Waals surface area contributed by atoms with E-state index in [4.69, 9.17) is 5.73 Å². The molecule has 0 unspecified atom stereocenters. The number of hydrogen-bond acceptors (Lipinski definition) is 1. The van der Waals surface area contributed by atoms with Gasteiger partial charge in [-0.05, 0) is 12.8 Å². The molecule has 1 aliphatic rings. The lowest BCUT2D eigenvalue weighted by Gasteiger charge is -2.04. The molecule has 0 aromatic carbocycles. The van der Waals surface area contributed by atoms with E-state index in [-0.39, 0.29) is 5.91 Å². The van der Waals surface area contributed by atoms with Gasteiger partial charge in [0.25, 0.3) is 0 Å². The van der Waals surface area contributed by atoms with Crippen LogP contribution in [-0.2, 0) is 4.79 Å². The standard InChI is InChI=1S/C8H11NO/c9-8(10)6-7-4-2-1-3-5-7/h1-2,5H,3-4,6H2,(H2,9,10). The van der Waals surface area contributed by atoms with Crippen molar-refractivity contribution in [1.29, 1.82) is 0 Å². The van der Waals surface area contributed by atoms with Crippen LogP contribution in [0, 0.1) is 0 Å². The van der Waals surface area contributed by atoms with E-state index in [1.54, 1.807) is 0 Å². The highest BCUT2D eigenvalue weighted by Gasteiger charge is 2.01. The van der Waals surface area contributed by atoms with Crippen molar-refractivity contribution >= 4 is 5.91 Å². The first-order valence-electron chi connectivity index (χ1n) is 3.40. The summed E-state index contributed by atoms with van der Waals surface area (Å²) in [6.45, 7) is 0. The van der Waals surface area contributed by atoms with E-state index in [1.165, 1.54) is 0 Å². The summed E-state index contributed by atoms with van der Waals surface area (Å²) in [6, 6.07) is 0. The molecule has 0 spiro atoms. The molecule has 10 heavy (non-hydrogen) atoms. The maximum atomic E-state index is 10.4. The predicted molar refractivity (Wildman–Crippen MR) is 40.3 cm³/mol. The van der Waals surface area contributed by atoms with Crippen molar-refractivity contribution in [2.24, 2.45) is 5.73 Å². The van der Waals surface area contributed by atoms with Crippen LogP contribution in [-0.4, -0.2) is 5.91 Å². The zero-order valence-corrected chi connectivity index (χ0v) is 5.84. The van der Waals surface area contributed by atoms with Crippen LogP contribution in [0.25, 0.3) is 0 Å². The number of amides is 1. The molecule has 1 aliphatic carbocycles. The Balaban J connectivity index is 2.41. The van der Waals surface area contributed by atoms with Gasteiger partial charge in [-0.3, -0.25) is 4.79 Å². The Hall–Kier alpha value is -1.05. The van der Waals surface area contributed by atoms with E-state index in [1.807, 2.05) is 0 Å². The average molecular weight is 137 g/mol. The molecule has 0 aliphatic heterocycles. The molecule has 2 nitrogen and oxygen atoms in total. The van der Waals surface area contributed by atoms with Gasteiger partial charge in [-0.25, -0.2) is 0 Å². The van der Waals surface area contributed by atoms with Crippen LogP contribution >= 0.6 is 0 Å². The molecular weight excluding hydrogens is 126 g/mol. The van der Waals surface area contributed by atoms with E-state index < -0.39 is 0 Å². The minimum Gasteiger partial charge on any atom is -0.369 e. The van der Waals surface area contributed by atoms with Gasteiger partial charge in [0.05, 0.1) is 0 Å². The van der Waals surface area contributed by atoms with Gasteiger partial charge in [0.15, 0.2) is 0 Å². The van der Waals surface area contributed by atoms with Crippen LogP contribution in [0.2, 0.25) is 0 Å². The van der Waals surface area contributed by atoms with E-state index in [9.17, 15) is 4.79 Å².